The third-order valence-electron chi connectivity index (χ3n) is 3.87. The Hall–Kier alpha value is -2.42. The van der Waals surface area contributed by atoms with Crippen molar-refractivity contribution in [2.75, 3.05) is 11.9 Å². The van der Waals surface area contributed by atoms with E-state index in [9.17, 15) is 18.0 Å². The Bertz CT molecular complexity index is 976. The molecule has 7 nitrogen and oxygen atoms in total. The fourth-order valence-corrected chi connectivity index (χ4v) is 3.75. The van der Waals surface area contributed by atoms with Gasteiger partial charge in [-0.2, -0.15) is 0 Å². The molecule has 1 aliphatic rings. The third-order valence-corrected chi connectivity index (χ3v) is 5.64. The highest BCUT2D eigenvalue weighted by molar-refractivity contribution is 7.89. The maximum atomic E-state index is 12.3. The number of halogens is 1. The van der Waals surface area contributed by atoms with Gasteiger partial charge in [0.15, 0.2) is 0 Å². The lowest BCUT2D eigenvalue weighted by atomic mass is 10.2. The highest BCUT2D eigenvalue weighted by atomic mass is 35.5. The lowest BCUT2D eigenvalue weighted by molar-refractivity contribution is -0.120. The maximum absolute atomic E-state index is 12.3. The van der Waals surface area contributed by atoms with E-state index < -0.39 is 22.5 Å². The van der Waals surface area contributed by atoms with Crippen molar-refractivity contribution in [1.82, 2.24) is 10.0 Å². The summed E-state index contributed by atoms with van der Waals surface area (Å²) in [6, 6.07) is 11.4. The van der Waals surface area contributed by atoms with Crippen molar-refractivity contribution in [3.8, 4) is 0 Å². The van der Waals surface area contributed by atoms with E-state index in [0.717, 1.165) is 5.56 Å². The van der Waals surface area contributed by atoms with Crippen LogP contribution in [0.15, 0.2) is 47.4 Å². The number of nitrogens with one attached hydrogen (secondary N) is 3. The average molecular weight is 394 g/mol. The summed E-state index contributed by atoms with van der Waals surface area (Å²) < 4.78 is 26.9. The number of fused-ring (bicyclic) bond motifs is 1. The quantitative estimate of drug-likeness (QED) is 0.690. The van der Waals surface area contributed by atoms with Gasteiger partial charge in [0.25, 0.3) is 0 Å². The van der Waals surface area contributed by atoms with Gasteiger partial charge in [0.1, 0.15) is 0 Å². The second-order valence-electron chi connectivity index (χ2n) is 5.74. The molecule has 9 heteroatoms. The minimum absolute atomic E-state index is 0.00616. The van der Waals surface area contributed by atoms with Gasteiger partial charge in [-0.25, -0.2) is 13.1 Å². The van der Waals surface area contributed by atoms with Crippen LogP contribution in [0.25, 0.3) is 0 Å². The molecule has 0 bridgehead atoms. The molecule has 0 fully saturated rings. The van der Waals surface area contributed by atoms with E-state index in [1.807, 2.05) is 0 Å². The van der Waals surface area contributed by atoms with Gasteiger partial charge in [0.05, 0.1) is 17.9 Å². The smallest absolute Gasteiger partial charge is 0.241 e. The lowest BCUT2D eigenvalue weighted by Gasteiger charge is -2.09. The summed E-state index contributed by atoms with van der Waals surface area (Å²) in [5, 5.41) is 5.76. The van der Waals surface area contributed by atoms with Gasteiger partial charge in [-0.3, -0.25) is 9.59 Å². The zero-order valence-electron chi connectivity index (χ0n) is 13.6. The van der Waals surface area contributed by atoms with Crippen molar-refractivity contribution in [2.45, 2.75) is 17.9 Å². The molecule has 0 aliphatic carbocycles. The average Bonchev–Trinajstić information content (AvgIpc) is 2.98. The molecule has 3 rings (SSSR count). The number of anilines is 1. The van der Waals surface area contributed by atoms with Crippen molar-refractivity contribution in [3.63, 3.8) is 0 Å². The van der Waals surface area contributed by atoms with Crippen molar-refractivity contribution >= 4 is 39.1 Å². The third kappa shape index (κ3) is 4.21. The van der Waals surface area contributed by atoms with Crippen LogP contribution in [-0.4, -0.2) is 26.8 Å². The summed E-state index contributed by atoms with van der Waals surface area (Å²) in [5.74, 6) is -0.659. The van der Waals surface area contributed by atoms with Gasteiger partial charge in [-0.15, -0.1) is 0 Å². The number of sulfonamides is 1. The number of amides is 2. The molecule has 2 aromatic carbocycles. The lowest BCUT2D eigenvalue weighted by Crippen LogP contribution is -2.36. The standard InChI is InChI=1S/C17H16ClN3O4S/c18-14-4-2-1-3-11(14)9-19-17(23)10-20-26(24,25)13-5-6-15-12(7-13)8-16(22)21-15/h1-7,20H,8-10H2,(H,19,23)(H,21,22). The van der Waals surface area contributed by atoms with Crippen LogP contribution < -0.4 is 15.4 Å². The number of hydrogen-bond donors (Lipinski definition) is 3. The van der Waals surface area contributed by atoms with Crippen LogP contribution in [-0.2, 0) is 32.6 Å². The summed E-state index contributed by atoms with van der Waals surface area (Å²) in [7, 11) is -3.86. The largest absolute Gasteiger partial charge is 0.351 e. The first kappa shape index (κ1) is 18.4. The van der Waals surface area contributed by atoms with E-state index >= 15 is 0 Å². The normalized spacial score (nSPS) is 13.2. The van der Waals surface area contributed by atoms with Crippen molar-refractivity contribution in [1.29, 1.82) is 0 Å². The fraction of sp³-hybridized carbons (Fsp3) is 0.176. The molecule has 26 heavy (non-hydrogen) atoms. The van der Waals surface area contributed by atoms with Crippen molar-refractivity contribution < 1.29 is 18.0 Å². The molecule has 2 aromatic rings. The SMILES string of the molecule is O=C(CNS(=O)(=O)c1ccc2c(c1)CC(=O)N2)NCc1ccccc1Cl. The first-order chi connectivity index (χ1) is 12.3. The first-order valence-corrected chi connectivity index (χ1v) is 9.64. The second kappa shape index (κ2) is 7.45. The van der Waals surface area contributed by atoms with Crippen LogP contribution in [0.5, 0.6) is 0 Å². The Morgan fingerprint density at radius 3 is 2.73 bits per heavy atom. The number of rotatable bonds is 6. The van der Waals surface area contributed by atoms with Gasteiger partial charge < -0.3 is 10.6 Å². The molecule has 0 spiro atoms. The topological polar surface area (TPSA) is 104 Å². The van der Waals surface area contributed by atoms with E-state index in [2.05, 4.69) is 15.4 Å². The van der Waals surface area contributed by atoms with Crippen LogP contribution >= 0.6 is 11.6 Å². The minimum atomic E-state index is -3.86. The van der Waals surface area contributed by atoms with Crippen LogP contribution in [0.3, 0.4) is 0 Å². The first-order valence-electron chi connectivity index (χ1n) is 7.78. The molecule has 0 saturated carbocycles. The van der Waals surface area contributed by atoms with E-state index in [4.69, 9.17) is 11.6 Å². The highest BCUT2D eigenvalue weighted by Crippen LogP contribution is 2.25. The van der Waals surface area contributed by atoms with E-state index in [1.165, 1.54) is 18.2 Å². The summed E-state index contributed by atoms with van der Waals surface area (Å²) in [6.45, 7) is -0.200. The minimum Gasteiger partial charge on any atom is -0.351 e. The number of hydrogen-bond acceptors (Lipinski definition) is 4. The summed E-state index contributed by atoms with van der Waals surface area (Å²) >= 11 is 6.00. The van der Waals surface area contributed by atoms with E-state index in [1.54, 1.807) is 24.3 Å². The molecule has 3 N–H and O–H groups in total. The van der Waals surface area contributed by atoms with Crippen molar-refractivity contribution in [2.24, 2.45) is 0 Å². The van der Waals surface area contributed by atoms with Crippen LogP contribution in [0.2, 0.25) is 5.02 Å². The summed E-state index contributed by atoms with van der Waals surface area (Å²) in [5.41, 5.74) is 1.95. The maximum Gasteiger partial charge on any atom is 0.241 e. The molecule has 0 radical (unpaired) electrons. The number of carbonyl (C=O) groups excluding carboxylic acids is 2. The number of carbonyl (C=O) groups is 2. The predicted molar refractivity (Wildman–Crippen MR) is 97.3 cm³/mol. The Balaban J connectivity index is 1.58. The molecular weight excluding hydrogens is 378 g/mol. The zero-order chi connectivity index (χ0) is 18.7. The molecule has 1 heterocycles. The Morgan fingerprint density at radius 2 is 1.96 bits per heavy atom. The van der Waals surface area contributed by atoms with Gasteiger partial charge >= 0.3 is 0 Å². The Labute approximate surface area is 155 Å². The molecule has 2 amide bonds. The zero-order valence-corrected chi connectivity index (χ0v) is 15.2. The van der Waals surface area contributed by atoms with E-state index in [-0.39, 0.29) is 23.8 Å². The number of benzene rings is 2. The molecule has 0 saturated heterocycles. The molecular formula is C17H16ClN3O4S. The summed E-state index contributed by atoms with van der Waals surface area (Å²) in [4.78, 5) is 23.3. The van der Waals surface area contributed by atoms with Gasteiger partial charge in [-0.1, -0.05) is 29.8 Å². The fourth-order valence-electron chi connectivity index (χ4n) is 2.51. The predicted octanol–water partition coefficient (Wildman–Crippen LogP) is 1.43. The van der Waals surface area contributed by atoms with Gasteiger partial charge in [-0.05, 0) is 35.4 Å². The molecule has 0 unspecified atom stereocenters. The Morgan fingerprint density at radius 1 is 1.19 bits per heavy atom. The second-order valence-corrected chi connectivity index (χ2v) is 7.91. The highest BCUT2D eigenvalue weighted by Gasteiger charge is 2.22. The molecule has 1 aliphatic heterocycles. The summed E-state index contributed by atoms with van der Waals surface area (Å²) in [6.07, 6.45) is 0.136. The van der Waals surface area contributed by atoms with Crippen LogP contribution in [0, 0.1) is 0 Å². The molecule has 0 atom stereocenters. The monoisotopic (exact) mass is 393 g/mol. The van der Waals surface area contributed by atoms with Crippen molar-refractivity contribution in [3.05, 3.63) is 58.6 Å². The molecule has 136 valence electrons. The van der Waals surface area contributed by atoms with E-state index in [0.29, 0.717) is 16.3 Å². The Kier molecular flexibility index (Phi) is 5.26. The molecule has 0 aromatic heterocycles. The van der Waals surface area contributed by atoms with Gasteiger partial charge in [0, 0.05) is 17.3 Å². The van der Waals surface area contributed by atoms with Crippen LogP contribution in [0.1, 0.15) is 11.1 Å². The van der Waals surface area contributed by atoms with Gasteiger partial charge in [0.2, 0.25) is 21.8 Å². The van der Waals surface area contributed by atoms with Crippen LogP contribution in [0.4, 0.5) is 5.69 Å².